The Labute approximate surface area is 95.1 Å². The maximum Gasteiger partial charge on any atom is 0.221 e. The second kappa shape index (κ2) is 6.60. The predicted octanol–water partition coefficient (Wildman–Crippen LogP) is 0.334. The molecule has 1 atom stereocenters. The van der Waals surface area contributed by atoms with Gasteiger partial charge in [-0.1, -0.05) is 19.1 Å². The first-order valence-corrected chi connectivity index (χ1v) is 7.57. The minimum Gasteiger partial charge on any atom is -0.392 e. The highest BCUT2D eigenvalue weighted by atomic mass is 32.2. The van der Waals surface area contributed by atoms with Crippen molar-refractivity contribution in [2.75, 3.05) is 18.6 Å². The molecule has 3 N–H and O–H groups in total. The normalized spacial score (nSPS) is 13.9. The van der Waals surface area contributed by atoms with Gasteiger partial charge in [-0.25, -0.2) is 13.1 Å². The number of hydrogen-bond donors (Lipinski definition) is 2. The van der Waals surface area contributed by atoms with Crippen LogP contribution in [0.4, 0.5) is 0 Å². The first-order chi connectivity index (χ1) is 6.45. The summed E-state index contributed by atoms with van der Waals surface area (Å²) in [5.74, 6) is 0.743. The van der Waals surface area contributed by atoms with Crippen LogP contribution >= 0.6 is 24.0 Å². The molecule has 0 aromatic rings. The summed E-state index contributed by atoms with van der Waals surface area (Å²) in [7, 11) is -3.37. The number of rotatable bonds is 7. The molecule has 0 aromatic carbocycles. The van der Waals surface area contributed by atoms with Crippen LogP contribution in [0.25, 0.3) is 0 Å². The summed E-state index contributed by atoms with van der Waals surface area (Å²) in [4.78, 5) is 0.0316. The van der Waals surface area contributed by atoms with Gasteiger partial charge in [0.2, 0.25) is 10.0 Å². The SMILES string of the molecule is CCC(C(N)=S)S(=O)(=O)NCCSC. The Morgan fingerprint density at radius 3 is 2.57 bits per heavy atom. The third kappa shape index (κ3) is 4.59. The molecule has 7 heteroatoms. The summed E-state index contributed by atoms with van der Waals surface area (Å²) in [6, 6.07) is 0. The molecule has 0 aliphatic rings. The van der Waals surface area contributed by atoms with Gasteiger partial charge in [0.15, 0.2) is 0 Å². The lowest BCUT2D eigenvalue weighted by atomic mass is 10.3. The van der Waals surface area contributed by atoms with Gasteiger partial charge in [0.05, 0.1) is 4.99 Å². The van der Waals surface area contributed by atoms with Crippen molar-refractivity contribution in [1.29, 1.82) is 0 Å². The van der Waals surface area contributed by atoms with Crippen molar-refractivity contribution in [1.82, 2.24) is 4.72 Å². The zero-order valence-electron chi connectivity index (χ0n) is 8.32. The lowest BCUT2D eigenvalue weighted by Crippen LogP contribution is -2.42. The summed E-state index contributed by atoms with van der Waals surface area (Å²) in [5.41, 5.74) is 5.34. The quantitative estimate of drug-likeness (QED) is 0.507. The van der Waals surface area contributed by atoms with Crippen LogP contribution < -0.4 is 10.5 Å². The van der Waals surface area contributed by atoms with Crippen LogP contribution in [-0.4, -0.2) is 37.2 Å². The van der Waals surface area contributed by atoms with E-state index in [2.05, 4.69) is 4.72 Å². The van der Waals surface area contributed by atoms with Crippen LogP contribution in [0, 0.1) is 0 Å². The van der Waals surface area contributed by atoms with E-state index in [-0.39, 0.29) is 4.99 Å². The monoisotopic (exact) mass is 256 g/mol. The molecule has 0 aliphatic carbocycles. The first-order valence-electron chi connectivity index (χ1n) is 4.22. The Kier molecular flexibility index (Phi) is 6.67. The molecule has 0 saturated heterocycles. The van der Waals surface area contributed by atoms with Crippen LogP contribution in [0.15, 0.2) is 0 Å². The first kappa shape index (κ1) is 14.2. The maximum absolute atomic E-state index is 11.6. The van der Waals surface area contributed by atoms with Gasteiger partial charge in [0.25, 0.3) is 0 Å². The van der Waals surface area contributed by atoms with Crippen molar-refractivity contribution in [3.63, 3.8) is 0 Å². The maximum atomic E-state index is 11.6. The molecule has 0 aliphatic heterocycles. The molecular weight excluding hydrogens is 240 g/mol. The van der Waals surface area contributed by atoms with Crippen LogP contribution in [0.1, 0.15) is 13.3 Å². The van der Waals surface area contributed by atoms with Gasteiger partial charge < -0.3 is 5.73 Å². The van der Waals surface area contributed by atoms with Gasteiger partial charge in [-0.15, -0.1) is 0 Å². The Bertz CT molecular complexity index is 277. The third-order valence-electron chi connectivity index (χ3n) is 1.67. The highest BCUT2D eigenvalue weighted by Crippen LogP contribution is 2.04. The average molecular weight is 256 g/mol. The van der Waals surface area contributed by atoms with E-state index in [0.29, 0.717) is 13.0 Å². The highest BCUT2D eigenvalue weighted by Gasteiger charge is 2.25. The molecule has 0 bridgehead atoms. The largest absolute Gasteiger partial charge is 0.392 e. The summed E-state index contributed by atoms with van der Waals surface area (Å²) in [6.07, 6.45) is 2.32. The van der Waals surface area contributed by atoms with E-state index in [1.165, 1.54) is 0 Å². The highest BCUT2D eigenvalue weighted by molar-refractivity contribution is 7.98. The number of thioether (sulfide) groups is 1. The van der Waals surface area contributed by atoms with Gasteiger partial charge in [-0.3, -0.25) is 0 Å². The minimum atomic E-state index is -3.37. The number of hydrogen-bond acceptors (Lipinski definition) is 4. The van der Waals surface area contributed by atoms with E-state index in [0.717, 1.165) is 5.75 Å². The second-order valence-electron chi connectivity index (χ2n) is 2.73. The van der Waals surface area contributed by atoms with Crippen LogP contribution in [0.2, 0.25) is 0 Å². The van der Waals surface area contributed by atoms with E-state index in [9.17, 15) is 8.42 Å². The van der Waals surface area contributed by atoms with E-state index < -0.39 is 15.3 Å². The fourth-order valence-corrected chi connectivity index (χ4v) is 3.27. The van der Waals surface area contributed by atoms with Crippen molar-refractivity contribution in [2.45, 2.75) is 18.6 Å². The van der Waals surface area contributed by atoms with Crippen LogP contribution in [0.5, 0.6) is 0 Å². The minimum absolute atomic E-state index is 0.0316. The molecule has 84 valence electrons. The predicted molar refractivity (Wildman–Crippen MR) is 66.2 cm³/mol. The van der Waals surface area contributed by atoms with Gasteiger partial charge in [-0.05, 0) is 12.7 Å². The molecule has 0 fully saturated rings. The van der Waals surface area contributed by atoms with E-state index in [4.69, 9.17) is 18.0 Å². The van der Waals surface area contributed by atoms with E-state index in [1.807, 2.05) is 6.26 Å². The summed E-state index contributed by atoms with van der Waals surface area (Å²) in [5, 5.41) is -0.751. The Morgan fingerprint density at radius 1 is 1.64 bits per heavy atom. The lowest BCUT2D eigenvalue weighted by molar-refractivity contribution is 0.577. The van der Waals surface area contributed by atoms with Crippen LogP contribution in [0.3, 0.4) is 0 Å². The molecule has 14 heavy (non-hydrogen) atoms. The van der Waals surface area contributed by atoms with E-state index in [1.54, 1.807) is 18.7 Å². The molecule has 4 nitrogen and oxygen atoms in total. The standard InChI is InChI=1S/C7H16N2O2S3/c1-3-6(7(8)12)14(10,11)9-4-5-13-2/h6,9H,3-5H2,1-2H3,(H2,8,12). The number of nitrogens with one attached hydrogen (secondary N) is 1. The number of sulfonamides is 1. The van der Waals surface area contributed by atoms with Crippen molar-refractivity contribution in [2.24, 2.45) is 5.73 Å². The number of thiocarbonyl (C=S) groups is 1. The van der Waals surface area contributed by atoms with E-state index >= 15 is 0 Å². The van der Waals surface area contributed by atoms with Crippen molar-refractivity contribution < 1.29 is 8.42 Å². The summed E-state index contributed by atoms with van der Waals surface area (Å²) in [6.45, 7) is 2.17. The summed E-state index contributed by atoms with van der Waals surface area (Å²) < 4.78 is 25.7. The van der Waals surface area contributed by atoms with Crippen molar-refractivity contribution in [3.05, 3.63) is 0 Å². The summed E-state index contributed by atoms with van der Waals surface area (Å²) >= 11 is 6.28. The molecule has 0 heterocycles. The van der Waals surface area contributed by atoms with Gasteiger partial charge in [-0.2, -0.15) is 11.8 Å². The fourth-order valence-electron chi connectivity index (χ4n) is 0.960. The van der Waals surface area contributed by atoms with Gasteiger partial charge in [0, 0.05) is 12.3 Å². The smallest absolute Gasteiger partial charge is 0.221 e. The lowest BCUT2D eigenvalue weighted by Gasteiger charge is -2.14. The molecule has 0 spiro atoms. The zero-order valence-corrected chi connectivity index (χ0v) is 10.8. The Balaban J connectivity index is 4.35. The average Bonchev–Trinajstić information content (AvgIpc) is 2.04. The van der Waals surface area contributed by atoms with Crippen LogP contribution in [-0.2, 0) is 10.0 Å². The topological polar surface area (TPSA) is 72.2 Å². The molecular formula is C7H16N2O2S3. The Hall–Kier alpha value is 0.150. The zero-order chi connectivity index (χ0) is 11.2. The molecule has 1 unspecified atom stereocenters. The molecule has 0 aromatic heterocycles. The van der Waals surface area contributed by atoms with Gasteiger partial charge in [0.1, 0.15) is 5.25 Å². The molecule has 0 amide bonds. The van der Waals surface area contributed by atoms with Crippen molar-refractivity contribution in [3.8, 4) is 0 Å². The number of nitrogens with two attached hydrogens (primary N) is 1. The van der Waals surface area contributed by atoms with Crippen molar-refractivity contribution >= 4 is 39.0 Å². The van der Waals surface area contributed by atoms with Gasteiger partial charge >= 0.3 is 0 Å². The Morgan fingerprint density at radius 2 is 2.21 bits per heavy atom. The third-order valence-corrected chi connectivity index (χ3v) is 4.66. The molecule has 0 radical (unpaired) electrons. The molecule has 0 rings (SSSR count). The molecule has 0 saturated carbocycles. The fraction of sp³-hybridized carbons (Fsp3) is 0.857. The second-order valence-corrected chi connectivity index (χ2v) is 6.14.